The molecule has 3 rings (SSSR count). The maximum absolute atomic E-state index is 12.2. The minimum absolute atomic E-state index is 0.105. The van der Waals surface area contributed by atoms with Gasteiger partial charge in [0, 0.05) is 24.3 Å². The molecule has 0 aromatic heterocycles. The van der Waals surface area contributed by atoms with E-state index >= 15 is 0 Å². The highest BCUT2D eigenvalue weighted by Gasteiger charge is 2.13. The van der Waals surface area contributed by atoms with Gasteiger partial charge >= 0.3 is 11.9 Å². The molecular weight excluding hydrogens is 420 g/mol. The molecule has 0 saturated heterocycles. The van der Waals surface area contributed by atoms with Crippen molar-refractivity contribution in [3.63, 3.8) is 0 Å². The maximum atomic E-state index is 12.2. The molecule has 162 valence electrons. The van der Waals surface area contributed by atoms with Crippen LogP contribution in [0.3, 0.4) is 0 Å². The monoisotopic (exact) mass is 436 g/mol. The number of hydrogen-bond acceptors (Lipinski definition) is 8. The lowest BCUT2D eigenvalue weighted by atomic mass is 10.1. The number of nitrogens with zero attached hydrogens (tertiary/aromatic N) is 2. The molecule has 0 aliphatic heterocycles. The molecule has 0 spiro atoms. The Hall–Kier alpha value is -4.60. The van der Waals surface area contributed by atoms with Gasteiger partial charge in [-0.05, 0) is 35.4 Å². The molecule has 32 heavy (non-hydrogen) atoms. The van der Waals surface area contributed by atoms with Gasteiger partial charge in [0.15, 0.2) is 0 Å². The van der Waals surface area contributed by atoms with E-state index in [0.29, 0.717) is 11.1 Å². The van der Waals surface area contributed by atoms with Gasteiger partial charge in [0.1, 0.15) is 13.2 Å². The normalized spacial score (nSPS) is 10.2. The van der Waals surface area contributed by atoms with Crippen molar-refractivity contribution in [2.45, 2.75) is 13.2 Å². The number of carbonyl (C=O) groups excluding carboxylic acids is 2. The Morgan fingerprint density at radius 3 is 1.38 bits per heavy atom. The number of carbonyl (C=O) groups is 2. The van der Waals surface area contributed by atoms with Crippen molar-refractivity contribution >= 4 is 23.3 Å². The van der Waals surface area contributed by atoms with Crippen molar-refractivity contribution in [1.82, 2.24) is 0 Å². The molecule has 0 saturated carbocycles. The lowest BCUT2D eigenvalue weighted by molar-refractivity contribution is -0.385. The molecule has 0 heterocycles. The lowest BCUT2D eigenvalue weighted by Gasteiger charge is -2.07. The van der Waals surface area contributed by atoms with E-state index in [-0.39, 0.29) is 35.7 Å². The first-order valence-electron chi connectivity index (χ1n) is 9.24. The van der Waals surface area contributed by atoms with Gasteiger partial charge < -0.3 is 9.47 Å². The molecule has 0 unspecified atom stereocenters. The zero-order chi connectivity index (χ0) is 23.1. The third kappa shape index (κ3) is 5.72. The molecule has 3 aromatic rings. The SMILES string of the molecule is O=C(OCc1cccc([N+](=O)[O-])c1)c1ccc(C(=O)OCc2cccc([N+](=O)[O-])c2)cc1. The zero-order valence-corrected chi connectivity index (χ0v) is 16.5. The molecule has 0 N–H and O–H groups in total. The highest BCUT2D eigenvalue weighted by Crippen LogP contribution is 2.16. The largest absolute Gasteiger partial charge is 0.457 e. The van der Waals surface area contributed by atoms with Gasteiger partial charge in [0.25, 0.3) is 11.4 Å². The molecule has 0 atom stereocenters. The summed E-state index contributed by atoms with van der Waals surface area (Å²) in [5.41, 5.74) is 1.09. The molecule has 0 aliphatic rings. The van der Waals surface area contributed by atoms with Crippen LogP contribution in [0.1, 0.15) is 31.8 Å². The summed E-state index contributed by atoms with van der Waals surface area (Å²) in [6.45, 7) is -0.291. The fourth-order valence-corrected chi connectivity index (χ4v) is 2.73. The number of rotatable bonds is 8. The third-order valence-corrected chi connectivity index (χ3v) is 4.34. The summed E-state index contributed by atoms with van der Waals surface area (Å²) in [6, 6.07) is 17.0. The average Bonchev–Trinajstić information content (AvgIpc) is 2.81. The van der Waals surface area contributed by atoms with Crippen molar-refractivity contribution < 1.29 is 28.9 Å². The Bertz CT molecular complexity index is 1080. The number of esters is 2. The van der Waals surface area contributed by atoms with Crippen molar-refractivity contribution in [2.24, 2.45) is 0 Å². The molecule has 0 amide bonds. The quantitative estimate of drug-likeness (QED) is 0.291. The average molecular weight is 436 g/mol. The van der Waals surface area contributed by atoms with Crippen LogP contribution in [0.5, 0.6) is 0 Å². The highest BCUT2D eigenvalue weighted by atomic mass is 16.6. The van der Waals surface area contributed by atoms with E-state index in [2.05, 4.69) is 0 Å². The summed E-state index contributed by atoms with van der Waals surface area (Å²) in [5, 5.41) is 21.6. The molecule has 10 heteroatoms. The number of non-ortho nitro benzene ring substituents is 2. The van der Waals surface area contributed by atoms with E-state index in [4.69, 9.17) is 9.47 Å². The van der Waals surface area contributed by atoms with Crippen LogP contribution in [0, 0.1) is 20.2 Å². The summed E-state index contributed by atoms with van der Waals surface area (Å²) >= 11 is 0. The maximum Gasteiger partial charge on any atom is 0.338 e. The molecular formula is C22H16N2O8. The van der Waals surface area contributed by atoms with Gasteiger partial charge in [-0.3, -0.25) is 20.2 Å². The standard InChI is InChI=1S/C22H16N2O8/c25-21(31-13-15-3-1-5-19(11-15)23(27)28)17-7-9-18(10-8-17)22(26)32-14-16-4-2-6-20(12-16)24(29)30/h1-12H,13-14H2. The molecule has 0 bridgehead atoms. The molecule has 0 radical (unpaired) electrons. The van der Waals surface area contributed by atoms with E-state index < -0.39 is 21.8 Å². The minimum atomic E-state index is -0.659. The lowest BCUT2D eigenvalue weighted by Crippen LogP contribution is -2.08. The van der Waals surface area contributed by atoms with Crippen LogP contribution >= 0.6 is 0 Å². The first kappa shape index (κ1) is 22.1. The topological polar surface area (TPSA) is 139 Å². The Balaban J connectivity index is 1.55. The van der Waals surface area contributed by atoms with Crippen LogP contribution in [-0.4, -0.2) is 21.8 Å². The minimum Gasteiger partial charge on any atom is -0.457 e. The van der Waals surface area contributed by atoms with Crippen LogP contribution in [0.2, 0.25) is 0 Å². The zero-order valence-electron chi connectivity index (χ0n) is 16.5. The number of ether oxygens (including phenoxy) is 2. The summed E-state index contributed by atoms with van der Waals surface area (Å²) in [5.74, 6) is -1.32. The Morgan fingerprint density at radius 2 is 1.03 bits per heavy atom. The number of nitro benzene ring substituents is 2. The van der Waals surface area contributed by atoms with Crippen molar-refractivity contribution in [1.29, 1.82) is 0 Å². The van der Waals surface area contributed by atoms with Crippen LogP contribution < -0.4 is 0 Å². The molecule has 10 nitrogen and oxygen atoms in total. The van der Waals surface area contributed by atoms with E-state index in [1.54, 1.807) is 12.1 Å². The molecule has 0 fully saturated rings. The van der Waals surface area contributed by atoms with E-state index in [1.807, 2.05) is 0 Å². The predicted octanol–water partition coefficient (Wildman–Crippen LogP) is 4.22. The van der Waals surface area contributed by atoms with E-state index in [0.717, 1.165) is 0 Å². The first-order chi connectivity index (χ1) is 15.3. The van der Waals surface area contributed by atoms with Gasteiger partial charge in [-0.2, -0.15) is 0 Å². The van der Waals surface area contributed by atoms with Crippen LogP contribution in [0.4, 0.5) is 11.4 Å². The number of hydrogen-bond donors (Lipinski definition) is 0. The summed E-state index contributed by atoms with van der Waals surface area (Å²) in [6.07, 6.45) is 0. The van der Waals surface area contributed by atoms with Crippen molar-refractivity contribution in [2.75, 3.05) is 0 Å². The van der Waals surface area contributed by atoms with Crippen molar-refractivity contribution in [3.05, 3.63) is 115 Å². The smallest absolute Gasteiger partial charge is 0.338 e. The highest BCUT2D eigenvalue weighted by molar-refractivity contribution is 5.93. The Morgan fingerprint density at radius 1 is 0.656 bits per heavy atom. The summed E-state index contributed by atoms with van der Waals surface area (Å²) < 4.78 is 10.3. The first-order valence-corrected chi connectivity index (χ1v) is 9.24. The van der Waals surface area contributed by atoms with E-state index in [9.17, 15) is 29.8 Å². The summed E-state index contributed by atoms with van der Waals surface area (Å²) in [7, 11) is 0. The van der Waals surface area contributed by atoms with Crippen LogP contribution in [0.25, 0.3) is 0 Å². The fourth-order valence-electron chi connectivity index (χ4n) is 2.73. The van der Waals surface area contributed by atoms with Gasteiger partial charge in [0.2, 0.25) is 0 Å². The second kappa shape index (κ2) is 9.94. The Labute approximate surface area is 181 Å². The molecule has 0 aliphatic carbocycles. The second-order valence-electron chi connectivity index (χ2n) is 6.58. The van der Waals surface area contributed by atoms with Crippen LogP contribution in [-0.2, 0) is 22.7 Å². The fraction of sp³-hybridized carbons (Fsp3) is 0.0909. The molecule has 3 aromatic carbocycles. The Kier molecular flexibility index (Phi) is 6.86. The number of nitro groups is 2. The third-order valence-electron chi connectivity index (χ3n) is 4.34. The second-order valence-corrected chi connectivity index (χ2v) is 6.58. The van der Waals surface area contributed by atoms with Crippen LogP contribution in [0.15, 0.2) is 72.8 Å². The predicted molar refractivity (Wildman–Crippen MR) is 111 cm³/mol. The number of benzene rings is 3. The van der Waals surface area contributed by atoms with E-state index in [1.165, 1.54) is 60.7 Å². The van der Waals surface area contributed by atoms with Crippen molar-refractivity contribution in [3.8, 4) is 0 Å². The van der Waals surface area contributed by atoms with Gasteiger partial charge in [-0.25, -0.2) is 9.59 Å². The van der Waals surface area contributed by atoms with Gasteiger partial charge in [-0.15, -0.1) is 0 Å². The summed E-state index contributed by atoms with van der Waals surface area (Å²) in [4.78, 5) is 44.9. The van der Waals surface area contributed by atoms with Gasteiger partial charge in [0.05, 0.1) is 21.0 Å². The van der Waals surface area contributed by atoms with Gasteiger partial charge in [-0.1, -0.05) is 24.3 Å².